The van der Waals surface area contributed by atoms with E-state index in [-0.39, 0.29) is 11.8 Å². The van der Waals surface area contributed by atoms with Crippen LogP contribution in [0.1, 0.15) is 23.7 Å². The third kappa shape index (κ3) is 2.05. The Labute approximate surface area is 93.8 Å². The lowest BCUT2D eigenvalue weighted by atomic mass is 10.1. The molecule has 0 heterocycles. The van der Waals surface area contributed by atoms with E-state index in [9.17, 15) is 9.59 Å². The molecule has 2 amide bonds. The van der Waals surface area contributed by atoms with Crippen LogP contribution in [0, 0.1) is 11.8 Å². The van der Waals surface area contributed by atoms with Gasteiger partial charge in [-0.05, 0) is 24.5 Å². The van der Waals surface area contributed by atoms with Crippen molar-refractivity contribution in [1.29, 1.82) is 0 Å². The molecule has 4 nitrogen and oxygen atoms in total. The van der Waals surface area contributed by atoms with Crippen LogP contribution in [0.3, 0.4) is 0 Å². The Hall–Kier alpha value is -1.84. The summed E-state index contributed by atoms with van der Waals surface area (Å²) in [5.41, 5.74) is 6.07. The molecule has 0 bridgehead atoms. The first-order valence-electron chi connectivity index (χ1n) is 5.29. The van der Waals surface area contributed by atoms with Gasteiger partial charge in [0.15, 0.2) is 0 Å². The maximum Gasteiger partial charge on any atom is 0.250 e. The van der Waals surface area contributed by atoms with Gasteiger partial charge in [0.1, 0.15) is 0 Å². The molecule has 0 radical (unpaired) electrons. The van der Waals surface area contributed by atoms with Crippen LogP contribution < -0.4 is 11.1 Å². The van der Waals surface area contributed by atoms with Crippen molar-refractivity contribution in [2.75, 3.05) is 5.32 Å². The van der Waals surface area contributed by atoms with Gasteiger partial charge >= 0.3 is 0 Å². The molecule has 1 aromatic carbocycles. The van der Waals surface area contributed by atoms with Crippen LogP contribution >= 0.6 is 0 Å². The highest BCUT2D eigenvalue weighted by Gasteiger charge is 2.39. The third-order valence-electron chi connectivity index (χ3n) is 2.90. The van der Waals surface area contributed by atoms with Gasteiger partial charge in [0.05, 0.1) is 11.3 Å². The predicted octanol–water partition coefficient (Wildman–Crippen LogP) is 1.38. The Bertz CT molecular complexity index is 442. The molecule has 3 N–H and O–H groups in total. The predicted molar refractivity (Wildman–Crippen MR) is 60.9 cm³/mol. The fourth-order valence-electron chi connectivity index (χ4n) is 1.72. The van der Waals surface area contributed by atoms with Crippen LogP contribution in [0.4, 0.5) is 5.69 Å². The van der Waals surface area contributed by atoms with Gasteiger partial charge in [0.25, 0.3) is 5.91 Å². The molecule has 0 aliphatic heterocycles. The molecule has 4 heteroatoms. The minimum Gasteiger partial charge on any atom is -0.366 e. The minimum absolute atomic E-state index is 0.0267. The van der Waals surface area contributed by atoms with Crippen molar-refractivity contribution in [2.45, 2.75) is 13.3 Å². The first-order chi connectivity index (χ1) is 7.59. The fraction of sp³-hybridized carbons (Fsp3) is 0.333. The van der Waals surface area contributed by atoms with E-state index in [1.54, 1.807) is 24.3 Å². The number of nitrogens with two attached hydrogens (primary N) is 1. The van der Waals surface area contributed by atoms with Crippen molar-refractivity contribution < 1.29 is 9.59 Å². The lowest BCUT2D eigenvalue weighted by Crippen LogP contribution is -2.19. The van der Waals surface area contributed by atoms with E-state index >= 15 is 0 Å². The summed E-state index contributed by atoms with van der Waals surface area (Å²) in [6.07, 6.45) is 0.921. The van der Waals surface area contributed by atoms with Gasteiger partial charge in [0, 0.05) is 5.92 Å². The number of carbonyl (C=O) groups is 2. The van der Waals surface area contributed by atoms with Crippen LogP contribution in [0.5, 0.6) is 0 Å². The zero-order chi connectivity index (χ0) is 11.7. The van der Waals surface area contributed by atoms with Gasteiger partial charge in [-0.25, -0.2) is 0 Å². The lowest BCUT2D eigenvalue weighted by Gasteiger charge is -2.07. The molecule has 16 heavy (non-hydrogen) atoms. The Kier molecular flexibility index (Phi) is 2.64. The molecule has 1 aliphatic carbocycles. The summed E-state index contributed by atoms with van der Waals surface area (Å²) in [7, 11) is 0. The normalized spacial score (nSPS) is 22.6. The van der Waals surface area contributed by atoms with Gasteiger partial charge in [-0.2, -0.15) is 0 Å². The first kappa shape index (κ1) is 10.7. The monoisotopic (exact) mass is 218 g/mol. The standard InChI is InChI=1S/C12H14N2O2/c1-7-6-9(7)12(16)14-10-5-3-2-4-8(10)11(13)15/h2-5,7,9H,6H2,1H3,(H2,13,15)(H,14,16). The Morgan fingerprint density at radius 1 is 1.38 bits per heavy atom. The molecule has 0 saturated heterocycles. The van der Waals surface area contributed by atoms with Crippen molar-refractivity contribution in [3.05, 3.63) is 29.8 Å². The average Bonchev–Trinajstić information content (AvgIpc) is 2.96. The number of amides is 2. The van der Waals surface area contributed by atoms with E-state index in [1.807, 2.05) is 6.92 Å². The average molecular weight is 218 g/mol. The second kappa shape index (κ2) is 3.96. The number of primary amides is 1. The van der Waals surface area contributed by atoms with Crippen molar-refractivity contribution in [3.63, 3.8) is 0 Å². The Balaban J connectivity index is 2.14. The number of nitrogens with one attached hydrogen (secondary N) is 1. The molecule has 2 rings (SSSR count). The molecule has 84 valence electrons. The van der Waals surface area contributed by atoms with Crippen molar-refractivity contribution in [3.8, 4) is 0 Å². The van der Waals surface area contributed by atoms with Crippen LogP contribution in [-0.4, -0.2) is 11.8 Å². The van der Waals surface area contributed by atoms with E-state index in [4.69, 9.17) is 5.73 Å². The van der Waals surface area contributed by atoms with Crippen molar-refractivity contribution >= 4 is 17.5 Å². The molecule has 1 fully saturated rings. The van der Waals surface area contributed by atoms with Gasteiger partial charge in [-0.1, -0.05) is 19.1 Å². The zero-order valence-corrected chi connectivity index (χ0v) is 9.07. The molecule has 2 atom stereocenters. The summed E-state index contributed by atoms with van der Waals surface area (Å²) in [5, 5.41) is 2.74. The van der Waals surface area contributed by atoms with Crippen LogP contribution in [-0.2, 0) is 4.79 Å². The highest BCUT2D eigenvalue weighted by molar-refractivity contribution is 6.03. The number of rotatable bonds is 3. The second-order valence-electron chi connectivity index (χ2n) is 4.22. The minimum atomic E-state index is -0.528. The second-order valence-corrected chi connectivity index (χ2v) is 4.22. The molecule has 1 aromatic rings. The molecule has 0 aromatic heterocycles. The molecular weight excluding hydrogens is 204 g/mol. The largest absolute Gasteiger partial charge is 0.366 e. The number of hydrogen-bond acceptors (Lipinski definition) is 2. The molecule has 1 saturated carbocycles. The van der Waals surface area contributed by atoms with Crippen LogP contribution in [0.25, 0.3) is 0 Å². The maximum absolute atomic E-state index is 11.7. The molecule has 0 spiro atoms. The Morgan fingerprint density at radius 2 is 2.00 bits per heavy atom. The topological polar surface area (TPSA) is 72.2 Å². The fourth-order valence-corrected chi connectivity index (χ4v) is 1.72. The maximum atomic E-state index is 11.7. The summed E-state index contributed by atoms with van der Waals surface area (Å²) in [4.78, 5) is 22.8. The third-order valence-corrected chi connectivity index (χ3v) is 2.90. The summed E-state index contributed by atoms with van der Waals surface area (Å²) in [5.74, 6) is -0.0254. The SMILES string of the molecule is CC1CC1C(=O)Nc1ccccc1C(N)=O. The smallest absolute Gasteiger partial charge is 0.250 e. The molecular formula is C12H14N2O2. The number of benzene rings is 1. The number of hydrogen-bond donors (Lipinski definition) is 2. The van der Waals surface area contributed by atoms with E-state index in [1.165, 1.54) is 0 Å². The van der Waals surface area contributed by atoms with Crippen molar-refractivity contribution in [1.82, 2.24) is 0 Å². The van der Waals surface area contributed by atoms with E-state index in [0.29, 0.717) is 17.2 Å². The van der Waals surface area contributed by atoms with Gasteiger partial charge < -0.3 is 11.1 Å². The highest BCUT2D eigenvalue weighted by atomic mass is 16.2. The van der Waals surface area contributed by atoms with Crippen LogP contribution in [0.15, 0.2) is 24.3 Å². The lowest BCUT2D eigenvalue weighted by molar-refractivity contribution is -0.117. The number of para-hydroxylation sites is 1. The summed E-state index contributed by atoms with van der Waals surface area (Å²) in [6, 6.07) is 6.77. The summed E-state index contributed by atoms with van der Waals surface area (Å²) >= 11 is 0. The van der Waals surface area contributed by atoms with E-state index in [2.05, 4.69) is 5.32 Å². The summed E-state index contributed by atoms with van der Waals surface area (Å²) < 4.78 is 0. The van der Waals surface area contributed by atoms with Crippen LogP contribution in [0.2, 0.25) is 0 Å². The zero-order valence-electron chi connectivity index (χ0n) is 9.07. The first-order valence-corrected chi connectivity index (χ1v) is 5.29. The van der Waals surface area contributed by atoms with E-state index in [0.717, 1.165) is 6.42 Å². The quantitative estimate of drug-likeness (QED) is 0.804. The molecule has 2 unspecified atom stereocenters. The van der Waals surface area contributed by atoms with Gasteiger partial charge in [-0.3, -0.25) is 9.59 Å². The van der Waals surface area contributed by atoms with Gasteiger partial charge in [0.2, 0.25) is 5.91 Å². The Morgan fingerprint density at radius 3 is 2.56 bits per heavy atom. The highest BCUT2D eigenvalue weighted by Crippen LogP contribution is 2.38. The van der Waals surface area contributed by atoms with Crippen molar-refractivity contribution in [2.24, 2.45) is 17.6 Å². The number of carbonyl (C=O) groups excluding carboxylic acids is 2. The number of anilines is 1. The van der Waals surface area contributed by atoms with E-state index < -0.39 is 5.91 Å². The molecule has 1 aliphatic rings. The van der Waals surface area contributed by atoms with Gasteiger partial charge in [-0.15, -0.1) is 0 Å². The summed E-state index contributed by atoms with van der Waals surface area (Å²) in [6.45, 7) is 2.03.